The Morgan fingerprint density at radius 2 is 1.30 bits per heavy atom. The molecule has 0 amide bonds. The minimum atomic E-state index is -1.44. The molecule has 1 atom stereocenters. The van der Waals surface area contributed by atoms with Gasteiger partial charge in [0.25, 0.3) is 0 Å². The summed E-state index contributed by atoms with van der Waals surface area (Å²) in [5, 5.41) is 9.81. The molecule has 0 aliphatic rings. The van der Waals surface area contributed by atoms with Crippen LogP contribution >= 0.6 is 0 Å². The van der Waals surface area contributed by atoms with Gasteiger partial charge in [0.15, 0.2) is 0 Å². The monoisotopic (exact) mass is 400 g/mol. The summed E-state index contributed by atoms with van der Waals surface area (Å²) in [6.07, 6.45) is 0.331. The number of rotatable bonds is 6. The number of aliphatic imine (C=N–C) groups is 1. The van der Waals surface area contributed by atoms with Crippen LogP contribution in [0.15, 0.2) is 89.9 Å². The lowest BCUT2D eigenvalue weighted by Crippen LogP contribution is -2.47. The molecule has 0 fully saturated rings. The molecule has 3 rings (SSSR count). The van der Waals surface area contributed by atoms with Gasteiger partial charge in [-0.15, -0.1) is 0 Å². The fourth-order valence-electron chi connectivity index (χ4n) is 3.59. The van der Waals surface area contributed by atoms with Crippen LogP contribution in [0.25, 0.3) is 0 Å². The van der Waals surface area contributed by atoms with E-state index in [1.807, 2.05) is 93.6 Å². The van der Waals surface area contributed by atoms with E-state index in [2.05, 4.69) is 0 Å². The predicted octanol–water partition coefficient (Wildman–Crippen LogP) is 5.53. The van der Waals surface area contributed by atoms with Gasteiger partial charge in [-0.3, -0.25) is 0 Å². The third-order valence-electron chi connectivity index (χ3n) is 4.91. The van der Waals surface area contributed by atoms with Crippen molar-refractivity contribution in [1.82, 2.24) is 0 Å². The minimum absolute atomic E-state index is 0.224. The van der Waals surface area contributed by atoms with E-state index in [0.717, 1.165) is 22.5 Å². The van der Waals surface area contributed by atoms with Crippen molar-refractivity contribution < 1.29 is 9.90 Å². The zero-order chi connectivity index (χ0) is 21.8. The Labute approximate surface area is 178 Å². The van der Waals surface area contributed by atoms with Crippen molar-refractivity contribution in [1.29, 1.82) is 0 Å². The summed E-state index contributed by atoms with van der Waals surface area (Å²) in [5.41, 5.74) is 8.88. The Balaban J connectivity index is 2.01. The molecule has 0 unspecified atom stereocenters. The highest BCUT2D eigenvalue weighted by atomic mass is 16.4. The van der Waals surface area contributed by atoms with E-state index in [9.17, 15) is 9.90 Å². The molecule has 3 N–H and O–H groups in total. The maximum absolute atomic E-state index is 12.0. The van der Waals surface area contributed by atoms with Crippen molar-refractivity contribution in [2.75, 3.05) is 0 Å². The van der Waals surface area contributed by atoms with E-state index in [-0.39, 0.29) is 5.41 Å². The second-order valence-corrected chi connectivity index (χ2v) is 8.75. The molecule has 0 heterocycles. The molecule has 154 valence electrons. The summed E-state index contributed by atoms with van der Waals surface area (Å²) in [5.74, 6) is -1.03. The van der Waals surface area contributed by atoms with Crippen molar-refractivity contribution in [3.8, 4) is 0 Å². The first-order valence-corrected chi connectivity index (χ1v) is 10.0. The summed E-state index contributed by atoms with van der Waals surface area (Å²) in [6, 6.07) is 27.2. The van der Waals surface area contributed by atoms with Gasteiger partial charge in [-0.25, -0.2) is 9.79 Å². The van der Waals surface area contributed by atoms with E-state index in [1.54, 1.807) is 12.1 Å². The molecule has 0 saturated heterocycles. The molecule has 0 saturated carbocycles. The Morgan fingerprint density at radius 3 is 1.70 bits per heavy atom. The van der Waals surface area contributed by atoms with Gasteiger partial charge in [0.05, 0.1) is 11.4 Å². The smallest absolute Gasteiger partial charge is 0.328 e. The fourth-order valence-corrected chi connectivity index (χ4v) is 3.59. The van der Waals surface area contributed by atoms with Gasteiger partial charge in [-0.2, -0.15) is 0 Å². The first kappa shape index (κ1) is 21.5. The zero-order valence-corrected chi connectivity index (χ0v) is 17.7. The van der Waals surface area contributed by atoms with Crippen LogP contribution in [-0.2, 0) is 10.3 Å². The highest BCUT2D eigenvalue weighted by molar-refractivity contribution is 6.13. The molecular weight excluding hydrogens is 372 g/mol. The highest BCUT2D eigenvalue weighted by Crippen LogP contribution is 2.34. The van der Waals surface area contributed by atoms with Gasteiger partial charge in [0.1, 0.15) is 5.54 Å². The second kappa shape index (κ2) is 8.64. The molecular formula is C26H28N2O2. The van der Waals surface area contributed by atoms with Crippen LogP contribution in [0.1, 0.15) is 43.9 Å². The maximum Gasteiger partial charge on any atom is 0.328 e. The summed E-state index contributed by atoms with van der Waals surface area (Å²) in [4.78, 5) is 16.8. The molecule has 0 aromatic heterocycles. The Bertz CT molecular complexity index is 979. The molecule has 4 nitrogen and oxygen atoms in total. The number of carboxylic acid groups (broad SMARTS) is 1. The summed E-state index contributed by atoms with van der Waals surface area (Å²) < 4.78 is 0. The molecule has 0 aliphatic carbocycles. The van der Waals surface area contributed by atoms with Gasteiger partial charge < -0.3 is 10.8 Å². The van der Waals surface area contributed by atoms with Gasteiger partial charge >= 0.3 is 5.97 Å². The molecule has 0 aliphatic heterocycles. The summed E-state index contributed by atoms with van der Waals surface area (Å²) in [6.45, 7) is 5.96. The number of carbonyl (C=O) groups is 1. The number of carboxylic acids is 1. The maximum atomic E-state index is 12.0. The van der Waals surface area contributed by atoms with Crippen molar-refractivity contribution in [3.63, 3.8) is 0 Å². The van der Waals surface area contributed by atoms with Crippen LogP contribution in [-0.4, -0.2) is 16.8 Å². The van der Waals surface area contributed by atoms with Crippen molar-refractivity contribution in [2.24, 2.45) is 16.1 Å². The number of nitrogens with two attached hydrogens (primary N) is 1. The van der Waals surface area contributed by atoms with Gasteiger partial charge in [-0.1, -0.05) is 93.6 Å². The first-order valence-electron chi connectivity index (χ1n) is 10.0. The van der Waals surface area contributed by atoms with Crippen LogP contribution in [0, 0.1) is 5.41 Å². The summed E-state index contributed by atoms with van der Waals surface area (Å²) in [7, 11) is 0. The van der Waals surface area contributed by atoms with Crippen LogP contribution in [0.5, 0.6) is 0 Å². The number of benzene rings is 3. The predicted molar refractivity (Wildman–Crippen MR) is 122 cm³/mol. The van der Waals surface area contributed by atoms with E-state index in [1.165, 1.54) is 0 Å². The molecule has 4 heteroatoms. The van der Waals surface area contributed by atoms with Crippen LogP contribution in [0.4, 0.5) is 5.69 Å². The topological polar surface area (TPSA) is 75.7 Å². The van der Waals surface area contributed by atoms with Gasteiger partial charge in [-0.05, 0) is 29.5 Å². The lowest BCUT2D eigenvalue weighted by Gasteiger charge is -2.32. The van der Waals surface area contributed by atoms with Crippen LogP contribution < -0.4 is 5.73 Å². The normalized spacial score (nSPS) is 13.3. The quantitative estimate of drug-likeness (QED) is 0.534. The average Bonchev–Trinajstić information content (AvgIpc) is 2.72. The fraction of sp³-hybridized carbons (Fsp3) is 0.231. The van der Waals surface area contributed by atoms with Gasteiger partial charge in [0, 0.05) is 11.1 Å². The SMILES string of the molecule is CC(C)(C)C[C@](N)(C(=O)O)c1ccc(N=C(c2ccccc2)c2ccccc2)cc1. The summed E-state index contributed by atoms with van der Waals surface area (Å²) >= 11 is 0. The Kier molecular flexibility index (Phi) is 6.18. The number of nitrogens with zero attached hydrogens (tertiary/aromatic N) is 1. The largest absolute Gasteiger partial charge is 0.480 e. The number of aliphatic carboxylic acids is 1. The lowest BCUT2D eigenvalue weighted by molar-refractivity contribution is -0.145. The third kappa shape index (κ3) is 5.02. The average molecular weight is 401 g/mol. The van der Waals surface area contributed by atoms with Crippen LogP contribution in [0.3, 0.4) is 0 Å². The third-order valence-corrected chi connectivity index (χ3v) is 4.91. The van der Waals surface area contributed by atoms with Crippen LogP contribution in [0.2, 0.25) is 0 Å². The number of hydrogen-bond acceptors (Lipinski definition) is 3. The Morgan fingerprint density at radius 1 is 0.833 bits per heavy atom. The van der Waals surface area contributed by atoms with E-state index in [4.69, 9.17) is 10.7 Å². The van der Waals surface area contributed by atoms with E-state index < -0.39 is 11.5 Å². The molecule has 3 aromatic rings. The first-order chi connectivity index (χ1) is 14.2. The molecule has 30 heavy (non-hydrogen) atoms. The van der Waals surface area contributed by atoms with E-state index in [0.29, 0.717) is 12.0 Å². The van der Waals surface area contributed by atoms with Crippen molar-refractivity contribution in [2.45, 2.75) is 32.7 Å². The molecule has 3 aromatic carbocycles. The van der Waals surface area contributed by atoms with Crippen molar-refractivity contribution in [3.05, 3.63) is 102 Å². The minimum Gasteiger partial charge on any atom is -0.480 e. The molecule has 0 spiro atoms. The standard InChI is InChI=1S/C26H28N2O2/c1-25(2,3)18-26(27,24(29)30)21-14-16-22(17-15-21)28-23(19-10-6-4-7-11-19)20-12-8-5-9-13-20/h4-17H,18,27H2,1-3H3,(H,29,30)/t26-/m1/s1. The highest BCUT2D eigenvalue weighted by Gasteiger charge is 2.39. The lowest BCUT2D eigenvalue weighted by atomic mass is 9.76. The van der Waals surface area contributed by atoms with Crippen molar-refractivity contribution >= 4 is 17.4 Å². The number of hydrogen-bond donors (Lipinski definition) is 2. The second-order valence-electron chi connectivity index (χ2n) is 8.75. The zero-order valence-electron chi connectivity index (χ0n) is 17.7. The molecule has 0 bridgehead atoms. The van der Waals surface area contributed by atoms with Gasteiger partial charge in [0.2, 0.25) is 0 Å². The van der Waals surface area contributed by atoms with E-state index >= 15 is 0 Å². The molecule has 0 radical (unpaired) electrons. The Hall–Kier alpha value is -3.24.